The summed E-state index contributed by atoms with van der Waals surface area (Å²) in [5, 5.41) is 10.8. The lowest BCUT2D eigenvalue weighted by atomic mass is 10.0. The summed E-state index contributed by atoms with van der Waals surface area (Å²) in [7, 11) is 3.92. The molecule has 4 rings (SSSR count). The molecule has 0 aliphatic heterocycles. The van der Waals surface area contributed by atoms with Gasteiger partial charge in [-0.3, -0.25) is 4.79 Å². The summed E-state index contributed by atoms with van der Waals surface area (Å²) in [6, 6.07) is 11.2. The van der Waals surface area contributed by atoms with Gasteiger partial charge in [-0.25, -0.2) is 0 Å². The van der Waals surface area contributed by atoms with Crippen LogP contribution in [0.3, 0.4) is 0 Å². The Bertz CT molecular complexity index is 1070. The van der Waals surface area contributed by atoms with Gasteiger partial charge in [0, 0.05) is 30.9 Å². The van der Waals surface area contributed by atoms with Crippen LogP contribution in [0.5, 0.6) is 5.75 Å². The molecule has 0 bridgehead atoms. The van der Waals surface area contributed by atoms with Crippen LogP contribution >= 0.6 is 0 Å². The monoisotopic (exact) mass is 333 g/mol. The third kappa shape index (κ3) is 2.33. The largest absolute Gasteiger partial charge is 0.502 e. The van der Waals surface area contributed by atoms with Crippen LogP contribution < -0.4 is 10.3 Å². The molecule has 0 fully saturated rings. The first kappa shape index (κ1) is 15.5. The smallest absolute Gasteiger partial charge is 0.235 e. The molecular weight excluding hydrogens is 314 g/mol. The van der Waals surface area contributed by atoms with Gasteiger partial charge in [-0.1, -0.05) is 12.1 Å². The third-order valence-corrected chi connectivity index (χ3v) is 4.79. The van der Waals surface area contributed by atoms with E-state index in [2.05, 4.69) is 6.08 Å². The summed E-state index contributed by atoms with van der Waals surface area (Å²) in [6.07, 6.45) is 2.97. The van der Waals surface area contributed by atoms with Crippen LogP contribution in [-0.4, -0.2) is 19.2 Å². The Kier molecular flexibility index (Phi) is 3.42. The van der Waals surface area contributed by atoms with Crippen molar-refractivity contribution in [2.75, 3.05) is 19.0 Å². The van der Waals surface area contributed by atoms with Gasteiger partial charge in [-0.15, -0.1) is 0 Å². The van der Waals surface area contributed by atoms with Crippen molar-refractivity contribution in [3.63, 3.8) is 0 Å². The van der Waals surface area contributed by atoms with E-state index < -0.39 is 5.43 Å². The number of fused-ring (bicyclic) bond motifs is 3. The van der Waals surface area contributed by atoms with Gasteiger partial charge in [0.2, 0.25) is 11.2 Å². The number of anilines is 1. The van der Waals surface area contributed by atoms with E-state index in [0.717, 1.165) is 28.8 Å². The predicted molar refractivity (Wildman–Crippen MR) is 101 cm³/mol. The maximum absolute atomic E-state index is 12.7. The van der Waals surface area contributed by atoms with Gasteiger partial charge in [0.25, 0.3) is 0 Å². The van der Waals surface area contributed by atoms with Crippen LogP contribution in [0, 0.1) is 0 Å². The highest BCUT2D eigenvalue weighted by Crippen LogP contribution is 2.37. The third-order valence-electron chi connectivity index (χ3n) is 4.79. The molecule has 0 atom stereocenters. The molecule has 126 valence electrons. The summed E-state index contributed by atoms with van der Waals surface area (Å²) in [4.78, 5) is 14.7. The number of benzene rings is 2. The molecule has 4 nitrogen and oxygen atoms in total. The van der Waals surface area contributed by atoms with Crippen molar-refractivity contribution in [2.24, 2.45) is 0 Å². The second-order valence-corrected chi connectivity index (χ2v) is 6.62. The lowest BCUT2D eigenvalue weighted by Gasteiger charge is -2.13. The van der Waals surface area contributed by atoms with Crippen LogP contribution in [0.2, 0.25) is 0 Å². The SMILES string of the molecule is CC1=CCc2ccc3c(=O)c(O)c(-c4ccc(N(C)C)cc4)oc3c21. The molecule has 0 amide bonds. The van der Waals surface area contributed by atoms with E-state index in [9.17, 15) is 9.90 Å². The highest BCUT2D eigenvalue weighted by molar-refractivity contribution is 5.94. The highest BCUT2D eigenvalue weighted by atomic mass is 16.4. The number of allylic oxidation sites excluding steroid dienone is 2. The van der Waals surface area contributed by atoms with Crippen LogP contribution in [-0.2, 0) is 6.42 Å². The minimum absolute atomic E-state index is 0.218. The fourth-order valence-electron chi connectivity index (χ4n) is 3.36. The van der Waals surface area contributed by atoms with Gasteiger partial charge in [0.15, 0.2) is 5.76 Å². The van der Waals surface area contributed by atoms with Crippen molar-refractivity contribution < 1.29 is 9.52 Å². The molecule has 1 heterocycles. The number of aromatic hydroxyl groups is 1. The number of nitrogens with zero attached hydrogens (tertiary/aromatic N) is 1. The van der Waals surface area contributed by atoms with Crippen molar-refractivity contribution in [1.29, 1.82) is 0 Å². The van der Waals surface area contributed by atoms with Crippen molar-refractivity contribution in [3.8, 4) is 17.1 Å². The fraction of sp³-hybridized carbons (Fsp3) is 0.190. The van der Waals surface area contributed by atoms with Crippen molar-refractivity contribution in [1.82, 2.24) is 0 Å². The maximum Gasteiger partial charge on any atom is 0.235 e. The first-order valence-electron chi connectivity index (χ1n) is 8.24. The van der Waals surface area contributed by atoms with Gasteiger partial charge in [0.1, 0.15) is 5.58 Å². The molecule has 25 heavy (non-hydrogen) atoms. The Morgan fingerprint density at radius 2 is 1.80 bits per heavy atom. The van der Waals surface area contributed by atoms with E-state index in [1.54, 1.807) is 6.07 Å². The lowest BCUT2D eigenvalue weighted by molar-refractivity contribution is 0.449. The predicted octanol–water partition coefficient (Wildman–Crippen LogP) is 4.19. The standard InChI is InChI=1S/C21H19NO3/c1-12-4-5-13-8-11-16-18(23)19(24)20(25-21(16)17(12)13)14-6-9-15(10-7-14)22(2)3/h4,6-11,24H,5H2,1-3H3. The molecule has 0 unspecified atom stereocenters. The van der Waals surface area contributed by atoms with Gasteiger partial charge >= 0.3 is 0 Å². The van der Waals surface area contributed by atoms with E-state index in [4.69, 9.17) is 4.42 Å². The van der Waals surface area contributed by atoms with Gasteiger partial charge in [-0.05, 0) is 54.8 Å². The molecule has 0 radical (unpaired) electrons. The van der Waals surface area contributed by atoms with E-state index in [1.165, 1.54) is 0 Å². The van der Waals surface area contributed by atoms with Crippen LogP contribution in [0.1, 0.15) is 18.1 Å². The van der Waals surface area contributed by atoms with E-state index in [0.29, 0.717) is 16.5 Å². The summed E-state index contributed by atoms with van der Waals surface area (Å²) >= 11 is 0. The minimum atomic E-state index is -0.393. The normalized spacial score (nSPS) is 13.0. The Morgan fingerprint density at radius 1 is 1.08 bits per heavy atom. The quantitative estimate of drug-likeness (QED) is 0.764. The lowest BCUT2D eigenvalue weighted by Crippen LogP contribution is -2.08. The molecule has 1 aliphatic rings. The highest BCUT2D eigenvalue weighted by Gasteiger charge is 2.21. The number of hydrogen-bond acceptors (Lipinski definition) is 4. The summed E-state index contributed by atoms with van der Waals surface area (Å²) in [6.45, 7) is 2.02. The zero-order chi connectivity index (χ0) is 17.7. The second kappa shape index (κ2) is 5.52. The molecule has 0 saturated carbocycles. The summed E-state index contributed by atoms with van der Waals surface area (Å²) in [5.41, 5.74) is 5.09. The molecule has 1 N–H and O–H groups in total. The van der Waals surface area contributed by atoms with E-state index >= 15 is 0 Å². The minimum Gasteiger partial charge on any atom is -0.502 e. The summed E-state index contributed by atoms with van der Waals surface area (Å²) in [5.74, 6) is -0.124. The van der Waals surface area contributed by atoms with Crippen LogP contribution in [0.15, 0.2) is 51.7 Å². The Balaban J connectivity index is 1.99. The zero-order valence-electron chi connectivity index (χ0n) is 14.5. The average molecular weight is 333 g/mol. The van der Waals surface area contributed by atoms with Gasteiger partial charge < -0.3 is 14.4 Å². The molecule has 1 aromatic heterocycles. The summed E-state index contributed by atoms with van der Waals surface area (Å²) < 4.78 is 6.07. The number of rotatable bonds is 2. The van der Waals surface area contributed by atoms with Crippen molar-refractivity contribution >= 4 is 22.2 Å². The first-order chi connectivity index (χ1) is 12.0. The van der Waals surface area contributed by atoms with Gasteiger partial charge in [-0.2, -0.15) is 0 Å². The average Bonchev–Trinajstić information content (AvgIpc) is 2.99. The van der Waals surface area contributed by atoms with Crippen molar-refractivity contribution in [3.05, 3.63) is 63.8 Å². The van der Waals surface area contributed by atoms with E-state index in [1.807, 2.05) is 56.3 Å². The van der Waals surface area contributed by atoms with Gasteiger partial charge in [0.05, 0.1) is 5.39 Å². The molecule has 0 saturated heterocycles. The Morgan fingerprint density at radius 3 is 2.48 bits per heavy atom. The topological polar surface area (TPSA) is 53.7 Å². The molecule has 0 spiro atoms. The molecular formula is C21H19NO3. The molecule has 2 aromatic carbocycles. The molecule has 1 aliphatic carbocycles. The maximum atomic E-state index is 12.7. The fourth-order valence-corrected chi connectivity index (χ4v) is 3.36. The zero-order valence-corrected chi connectivity index (χ0v) is 14.5. The first-order valence-corrected chi connectivity index (χ1v) is 8.24. The van der Waals surface area contributed by atoms with Crippen LogP contribution in [0.4, 0.5) is 5.69 Å². The number of hydrogen-bond donors (Lipinski definition) is 1. The van der Waals surface area contributed by atoms with Crippen molar-refractivity contribution in [2.45, 2.75) is 13.3 Å². The molecule has 3 aromatic rings. The Hall–Kier alpha value is -3.01. The Labute approximate surface area is 145 Å². The van der Waals surface area contributed by atoms with Crippen LogP contribution in [0.25, 0.3) is 27.9 Å². The second-order valence-electron chi connectivity index (χ2n) is 6.62. The van der Waals surface area contributed by atoms with E-state index in [-0.39, 0.29) is 11.5 Å². The molecule has 4 heteroatoms.